The van der Waals surface area contributed by atoms with Gasteiger partial charge in [0.05, 0.1) is 26.2 Å². The number of hydrogen-bond acceptors (Lipinski definition) is 6. The molecular formula is C24H31NO5. The maximum Gasteiger partial charge on any atom is 0.331 e. The van der Waals surface area contributed by atoms with Crippen molar-refractivity contribution in [2.24, 2.45) is 0 Å². The fourth-order valence-corrected chi connectivity index (χ4v) is 3.31. The van der Waals surface area contributed by atoms with Gasteiger partial charge in [0.15, 0.2) is 5.54 Å². The van der Waals surface area contributed by atoms with Crippen LogP contribution in [0.3, 0.4) is 0 Å². The summed E-state index contributed by atoms with van der Waals surface area (Å²) in [7, 11) is 1.28. The molecule has 162 valence electrons. The van der Waals surface area contributed by atoms with E-state index in [9.17, 15) is 14.7 Å². The average molecular weight is 414 g/mol. The highest BCUT2D eigenvalue weighted by Gasteiger charge is 2.46. The van der Waals surface area contributed by atoms with Crippen LogP contribution in [0.1, 0.15) is 49.9 Å². The van der Waals surface area contributed by atoms with Crippen LogP contribution < -0.4 is 5.32 Å². The first kappa shape index (κ1) is 23.6. The summed E-state index contributed by atoms with van der Waals surface area (Å²) in [6.45, 7) is 6.97. The standard InChI is InChI=1S/C24H31NO5/c1-17-11-13-19(14-12-17)24(22(28)29-5,15-21(27)30-23(2,3)4)25-20(16-26)18-9-7-6-8-10-18/h6-14,20,25-26H,15-16H2,1-5H3/t20-,24-/m0/s1. The second kappa shape index (κ2) is 9.87. The van der Waals surface area contributed by atoms with Crippen LogP contribution in [0.15, 0.2) is 54.6 Å². The third-order valence-electron chi connectivity index (χ3n) is 4.71. The summed E-state index contributed by atoms with van der Waals surface area (Å²) in [4.78, 5) is 25.9. The van der Waals surface area contributed by atoms with E-state index in [4.69, 9.17) is 9.47 Å². The Bertz CT molecular complexity index is 842. The van der Waals surface area contributed by atoms with E-state index in [0.29, 0.717) is 5.56 Å². The number of benzene rings is 2. The van der Waals surface area contributed by atoms with Crippen LogP contribution in [-0.4, -0.2) is 36.4 Å². The Morgan fingerprint density at radius 2 is 1.63 bits per heavy atom. The van der Waals surface area contributed by atoms with E-state index in [1.165, 1.54) is 7.11 Å². The highest BCUT2D eigenvalue weighted by Crippen LogP contribution is 2.32. The topological polar surface area (TPSA) is 84.9 Å². The van der Waals surface area contributed by atoms with Gasteiger partial charge < -0.3 is 14.6 Å². The summed E-state index contributed by atoms with van der Waals surface area (Å²) in [5.74, 6) is -1.18. The van der Waals surface area contributed by atoms with Crippen LogP contribution in [0.25, 0.3) is 0 Å². The van der Waals surface area contributed by atoms with Gasteiger partial charge in [0, 0.05) is 0 Å². The summed E-state index contributed by atoms with van der Waals surface area (Å²) in [5.41, 5.74) is 0.108. The first-order valence-electron chi connectivity index (χ1n) is 9.92. The Kier molecular flexibility index (Phi) is 7.76. The fourth-order valence-electron chi connectivity index (χ4n) is 3.31. The molecule has 2 atom stereocenters. The Labute approximate surface area is 178 Å². The molecule has 6 heteroatoms. The second-order valence-corrected chi connectivity index (χ2v) is 8.32. The van der Waals surface area contributed by atoms with Crippen molar-refractivity contribution in [2.45, 2.75) is 51.3 Å². The minimum Gasteiger partial charge on any atom is -0.467 e. The predicted octanol–water partition coefficient (Wildman–Crippen LogP) is 3.42. The normalized spacial score (nSPS) is 14.5. The minimum atomic E-state index is -1.53. The molecule has 2 rings (SSSR count). The maximum atomic E-state index is 13.1. The van der Waals surface area contributed by atoms with E-state index < -0.39 is 29.1 Å². The fraction of sp³-hybridized carbons (Fsp3) is 0.417. The van der Waals surface area contributed by atoms with E-state index in [1.54, 1.807) is 32.9 Å². The van der Waals surface area contributed by atoms with E-state index in [0.717, 1.165) is 11.1 Å². The van der Waals surface area contributed by atoms with Gasteiger partial charge in [-0.3, -0.25) is 10.1 Å². The highest BCUT2D eigenvalue weighted by molar-refractivity contribution is 5.88. The molecule has 0 aliphatic heterocycles. The number of hydrogen-bond donors (Lipinski definition) is 2. The molecule has 0 heterocycles. The number of aliphatic hydroxyl groups is 1. The third-order valence-corrected chi connectivity index (χ3v) is 4.71. The van der Waals surface area contributed by atoms with Crippen LogP contribution in [0, 0.1) is 6.92 Å². The Morgan fingerprint density at radius 1 is 1.03 bits per heavy atom. The van der Waals surface area contributed by atoms with Crippen molar-refractivity contribution < 1.29 is 24.2 Å². The number of carbonyl (C=O) groups is 2. The number of nitrogens with one attached hydrogen (secondary N) is 1. The lowest BCUT2D eigenvalue weighted by Crippen LogP contribution is -2.53. The first-order chi connectivity index (χ1) is 14.1. The van der Waals surface area contributed by atoms with Gasteiger partial charge in [-0.15, -0.1) is 0 Å². The van der Waals surface area contributed by atoms with Gasteiger partial charge in [-0.2, -0.15) is 0 Å². The highest BCUT2D eigenvalue weighted by atomic mass is 16.6. The Morgan fingerprint density at radius 3 is 2.13 bits per heavy atom. The smallest absolute Gasteiger partial charge is 0.331 e. The Balaban J connectivity index is 2.56. The third kappa shape index (κ3) is 5.90. The van der Waals surface area contributed by atoms with Crippen LogP contribution in [0.5, 0.6) is 0 Å². The SMILES string of the molecule is COC(=O)[C@@](CC(=O)OC(C)(C)C)(N[C@@H](CO)c1ccccc1)c1ccc(C)cc1. The van der Waals surface area contributed by atoms with E-state index >= 15 is 0 Å². The molecular weight excluding hydrogens is 382 g/mol. The van der Waals surface area contributed by atoms with Crippen molar-refractivity contribution in [2.75, 3.05) is 13.7 Å². The van der Waals surface area contributed by atoms with Crippen molar-refractivity contribution in [1.29, 1.82) is 0 Å². The van der Waals surface area contributed by atoms with Crippen molar-refractivity contribution in [3.8, 4) is 0 Å². The van der Waals surface area contributed by atoms with Gasteiger partial charge in [0.1, 0.15) is 5.60 Å². The summed E-state index contributed by atoms with van der Waals surface area (Å²) in [5, 5.41) is 13.3. The number of aryl methyl sites for hydroxylation is 1. The molecule has 0 saturated heterocycles. The van der Waals surface area contributed by atoms with Gasteiger partial charge in [0.2, 0.25) is 0 Å². The van der Waals surface area contributed by atoms with Gasteiger partial charge in [0.25, 0.3) is 0 Å². The summed E-state index contributed by atoms with van der Waals surface area (Å²) >= 11 is 0. The molecule has 30 heavy (non-hydrogen) atoms. The summed E-state index contributed by atoms with van der Waals surface area (Å²) in [6.07, 6.45) is -0.288. The van der Waals surface area contributed by atoms with Gasteiger partial charge >= 0.3 is 11.9 Å². The minimum absolute atomic E-state index is 0.275. The predicted molar refractivity (Wildman–Crippen MR) is 115 cm³/mol. The zero-order chi connectivity index (χ0) is 22.4. The first-order valence-corrected chi connectivity index (χ1v) is 9.92. The summed E-state index contributed by atoms with van der Waals surface area (Å²) < 4.78 is 10.6. The van der Waals surface area contributed by atoms with E-state index in [-0.39, 0.29) is 13.0 Å². The monoisotopic (exact) mass is 413 g/mol. The summed E-state index contributed by atoms with van der Waals surface area (Å²) in [6, 6.07) is 15.9. The molecule has 0 amide bonds. The van der Waals surface area contributed by atoms with Crippen LogP contribution in [0.2, 0.25) is 0 Å². The number of aliphatic hydroxyl groups excluding tert-OH is 1. The second-order valence-electron chi connectivity index (χ2n) is 8.32. The van der Waals surface area contributed by atoms with Gasteiger partial charge in [-0.05, 0) is 38.8 Å². The molecule has 0 aliphatic rings. The molecule has 0 saturated carbocycles. The van der Waals surface area contributed by atoms with Crippen LogP contribution in [-0.2, 0) is 24.6 Å². The van der Waals surface area contributed by atoms with Gasteiger partial charge in [-0.1, -0.05) is 60.2 Å². The number of methoxy groups -OCH3 is 1. The molecule has 0 unspecified atom stereocenters. The molecule has 0 aliphatic carbocycles. The van der Waals surface area contributed by atoms with Gasteiger partial charge in [-0.25, -0.2) is 4.79 Å². The van der Waals surface area contributed by atoms with Crippen molar-refractivity contribution in [3.05, 3.63) is 71.3 Å². The largest absolute Gasteiger partial charge is 0.467 e. The van der Waals surface area contributed by atoms with Crippen molar-refractivity contribution >= 4 is 11.9 Å². The van der Waals surface area contributed by atoms with E-state index in [2.05, 4.69) is 5.32 Å². The molecule has 2 N–H and O–H groups in total. The lowest BCUT2D eigenvalue weighted by Gasteiger charge is -2.36. The number of esters is 2. The lowest BCUT2D eigenvalue weighted by molar-refractivity contribution is -0.164. The Hall–Kier alpha value is -2.70. The van der Waals surface area contributed by atoms with Crippen molar-refractivity contribution in [3.63, 3.8) is 0 Å². The lowest BCUT2D eigenvalue weighted by atomic mass is 9.84. The molecule has 0 aromatic heterocycles. The molecule has 6 nitrogen and oxygen atoms in total. The quantitative estimate of drug-likeness (QED) is 0.645. The maximum absolute atomic E-state index is 13.1. The average Bonchev–Trinajstić information content (AvgIpc) is 2.70. The van der Waals surface area contributed by atoms with Crippen LogP contribution >= 0.6 is 0 Å². The molecule has 0 fully saturated rings. The van der Waals surface area contributed by atoms with E-state index in [1.807, 2.05) is 49.4 Å². The van der Waals surface area contributed by atoms with Crippen LogP contribution in [0.4, 0.5) is 0 Å². The molecule has 2 aromatic rings. The zero-order valence-electron chi connectivity index (χ0n) is 18.3. The number of carbonyl (C=O) groups excluding carboxylic acids is 2. The molecule has 0 bridgehead atoms. The molecule has 2 aromatic carbocycles. The zero-order valence-corrected chi connectivity index (χ0v) is 18.3. The number of rotatable bonds is 8. The van der Waals surface area contributed by atoms with Crippen molar-refractivity contribution in [1.82, 2.24) is 5.32 Å². The molecule has 0 radical (unpaired) electrons. The number of ether oxygens (including phenoxy) is 2. The molecule has 0 spiro atoms.